The Labute approximate surface area is 400 Å². The van der Waals surface area contributed by atoms with Gasteiger partial charge in [-0.15, -0.1) is 11.3 Å². The molecule has 3 heterocycles. The number of carbonyl (C=O) groups is 9. The van der Waals surface area contributed by atoms with Crippen LogP contribution >= 0.6 is 11.3 Å². The van der Waals surface area contributed by atoms with Gasteiger partial charge in [-0.1, -0.05) is 71.6 Å². The van der Waals surface area contributed by atoms with Gasteiger partial charge in [-0.2, -0.15) is 0 Å². The van der Waals surface area contributed by atoms with Crippen molar-refractivity contribution in [3.63, 3.8) is 0 Å². The lowest BCUT2D eigenvalue weighted by Crippen LogP contribution is -2.59. The molecular formula is C47H66N6O14S. The first-order chi connectivity index (χ1) is 32.2. The zero-order chi connectivity index (χ0) is 50.2. The van der Waals surface area contributed by atoms with E-state index < -0.39 is 90.6 Å². The summed E-state index contributed by atoms with van der Waals surface area (Å²) in [6.45, 7) is 12.4. The van der Waals surface area contributed by atoms with Crippen molar-refractivity contribution in [1.29, 1.82) is 0 Å². The second-order valence-corrected chi connectivity index (χ2v) is 18.7. The Morgan fingerprint density at radius 2 is 1.63 bits per heavy atom. The number of nitrogens with one attached hydrogen (secondary N) is 2. The van der Waals surface area contributed by atoms with Crippen LogP contribution < -0.4 is 15.4 Å². The molecule has 2 aromatic rings. The second-order valence-electron chi connectivity index (χ2n) is 17.8. The van der Waals surface area contributed by atoms with E-state index in [-0.39, 0.29) is 72.7 Å². The van der Waals surface area contributed by atoms with E-state index in [0.29, 0.717) is 29.9 Å². The minimum Gasteiger partial charge on any atom is -0.481 e. The lowest BCUT2D eigenvalue weighted by molar-refractivity contribution is -0.174. The van der Waals surface area contributed by atoms with Crippen molar-refractivity contribution in [2.75, 3.05) is 20.3 Å². The molecule has 0 spiro atoms. The van der Waals surface area contributed by atoms with Crippen molar-refractivity contribution in [1.82, 2.24) is 30.5 Å². The largest absolute Gasteiger partial charge is 0.539 e. The molecule has 4 rings (SSSR count). The first-order valence-electron chi connectivity index (χ1n) is 23.2. The number of likely N-dealkylation sites (N-methyl/N-ethyl adjacent to an activating group) is 1. The minimum atomic E-state index is -1.29. The highest BCUT2D eigenvalue weighted by Crippen LogP contribution is 2.32. The molecule has 21 heteroatoms. The normalized spacial score (nSPS) is 17.8. The van der Waals surface area contributed by atoms with E-state index >= 15 is 0 Å². The van der Waals surface area contributed by atoms with Gasteiger partial charge in [0, 0.05) is 50.1 Å². The number of amides is 5. The highest BCUT2D eigenvalue weighted by atomic mass is 32.1. The van der Waals surface area contributed by atoms with Crippen LogP contribution in [0.1, 0.15) is 140 Å². The summed E-state index contributed by atoms with van der Waals surface area (Å²) in [4.78, 5) is 128. The number of rotatable bonds is 24. The maximum absolute atomic E-state index is 14.8. The highest BCUT2D eigenvalue weighted by Gasteiger charge is 2.40. The van der Waals surface area contributed by atoms with E-state index in [9.17, 15) is 48.3 Å². The quantitative estimate of drug-likeness (QED) is 0.0519. The number of carboxylic acids is 1. The van der Waals surface area contributed by atoms with Gasteiger partial charge in [0.2, 0.25) is 11.8 Å². The number of benzene rings is 1. The molecule has 2 fully saturated rings. The molecule has 5 amide bonds. The molecule has 20 nitrogen and oxygen atoms in total. The number of aromatic nitrogens is 1. The van der Waals surface area contributed by atoms with Crippen LogP contribution in [-0.2, 0) is 54.3 Å². The van der Waals surface area contributed by atoms with Crippen molar-refractivity contribution in [2.24, 2.45) is 17.8 Å². The van der Waals surface area contributed by atoms with Crippen LogP contribution in [0, 0.1) is 17.8 Å². The number of thiazole rings is 1. The Morgan fingerprint density at radius 3 is 2.22 bits per heavy atom. The van der Waals surface area contributed by atoms with Gasteiger partial charge >= 0.3 is 24.1 Å². The van der Waals surface area contributed by atoms with Gasteiger partial charge in [-0.3, -0.25) is 48.1 Å². The summed E-state index contributed by atoms with van der Waals surface area (Å²) in [6.07, 6.45) is 1.32. The standard InChI is InChI=1S/C47H66N6O14S/c1-9-13-40(57)64-26-52(45(60)41(28(5)10-2)50-43(59)35-14-11-12-21-51(35)8)36(27(3)4)24-37(65-30(7)54)44-49-34(25-68-44)42(58)48-32(22-29(6)46(61)62)23-31-15-17-33(18-16-31)66-47(63)67-53-38(55)19-20-39(53)56/h15-18,25,27-29,32,35-37,41H,9-14,19-24,26H2,1-8H3,(H,48,58)(H,50,59)(H,61,62)/t28?,29-,32+,35+,36+,37+,41-/m1/s1. The van der Waals surface area contributed by atoms with Gasteiger partial charge in [0.05, 0.1) is 12.0 Å². The molecule has 0 saturated carbocycles. The number of hydroxylamine groups is 2. The molecule has 0 radical (unpaired) electrons. The van der Waals surface area contributed by atoms with E-state index in [1.165, 1.54) is 36.3 Å². The molecule has 1 unspecified atom stereocenters. The molecule has 2 aliphatic heterocycles. The minimum absolute atomic E-state index is 0.0138. The summed E-state index contributed by atoms with van der Waals surface area (Å²) in [5.41, 5.74) is 0.588. The van der Waals surface area contributed by atoms with E-state index in [1.807, 2.05) is 46.6 Å². The SMILES string of the molecule is CCCC(=O)OCN(C(=O)[C@H](NC(=O)[C@@H]1CCCCN1C)C(C)CC)[C@@H](C[C@H](OC(C)=O)c1nc(C(=O)N[C@H](Cc2ccc(OC(=O)ON3C(=O)CCC3=O)cc2)C[C@@H](C)C(=O)O)cs1)C(C)C. The van der Waals surface area contributed by atoms with Crippen LogP contribution in [0.5, 0.6) is 5.75 Å². The van der Waals surface area contributed by atoms with Gasteiger partial charge in [0.1, 0.15) is 22.5 Å². The Balaban J connectivity index is 1.56. The number of likely N-dealkylation sites (tertiary alicyclic amines) is 1. The summed E-state index contributed by atoms with van der Waals surface area (Å²) in [7, 11) is 1.88. The predicted octanol–water partition coefficient (Wildman–Crippen LogP) is 5.34. The molecule has 2 saturated heterocycles. The topological polar surface area (TPSA) is 257 Å². The van der Waals surface area contributed by atoms with Crippen molar-refractivity contribution in [2.45, 2.75) is 149 Å². The van der Waals surface area contributed by atoms with Crippen LogP contribution in [0.2, 0.25) is 0 Å². The van der Waals surface area contributed by atoms with Crippen LogP contribution in [0.25, 0.3) is 0 Å². The molecule has 0 aliphatic carbocycles. The number of imide groups is 1. The van der Waals surface area contributed by atoms with Gasteiger partial charge in [-0.05, 0) is 75.2 Å². The first kappa shape index (κ1) is 54.6. The zero-order valence-corrected chi connectivity index (χ0v) is 41.0. The maximum Gasteiger partial charge on any atom is 0.539 e. The molecule has 0 bridgehead atoms. The molecule has 3 N–H and O–H groups in total. The smallest absolute Gasteiger partial charge is 0.481 e. The fraction of sp³-hybridized carbons (Fsp3) is 0.617. The average molecular weight is 971 g/mol. The van der Waals surface area contributed by atoms with Crippen molar-refractivity contribution in [3.05, 3.63) is 45.9 Å². The summed E-state index contributed by atoms with van der Waals surface area (Å²) < 4.78 is 16.6. The van der Waals surface area contributed by atoms with Gasteiger partial charge in [0.15, 0.2) is 12.8 Å². The third-order valence-electron chi connectivity index (χ3n) is 12.1. The van der Waals surface area contributed by atoms with Gasteiger partial charge in [-0.25, -0.2) is 9.78 Å². The van der Waals surface area contributed by atoms with Crippen molar-refractivity contribution in [3.8, 4) is 5.75 Å². The second kappa shape index (κ2) is 26.0. The molecule has 7 atom stereocenters. The summed E-state index contributed by atoms with van der Waals surface area (Å²) >= 11 is 1.05. The summed E-state index contributed by atoms with van der Waals surface area (Å²) in [5.74, 6) is -6.39. The predicted molar refractivity (Wildman–Crippen MR) is 245 cm³/mol. The number of nitrogens with zero attached hydrogens (tertiary/aromatic N) is 4. The Hall–Kier alpha value is -5.96. The number of hydrogen-bond donors (Lipinski definition) is 3. The van der Waals surface area contributed by atoms with E-state index in [4.69, 9.17) is 19.0 Å². The molecule has 1 aromatic carbocycles. The molecular weight excluding hydrogens is 905 g/mol. The van der Waals surface area contributed by atoms with E-state index in [2.05, 4.69) is 15.6 Å². The third kappa shape index (κ3) is 15.8. The number of piperidine rings is 1. The monoisotopic (exact) mass is 970 g/mol. The summed E-state index contributed by atoms with van der Waals surface area (Å²) in [6, 6.07) is 3.19. The van der Waals surface area contributed by atoms with E-state index in [1.54, 1.807) is 12.1 Å². The molecule has 374 valence electrons. The fourth-order valence-electron chi connectivity index (χ4n) is 7.98. The number of ether oxygens (including phenoxy) is 3. The number of aliphatic carboxylic acids is 1. The van der Waals surface area contributed by atoms with Crippen LogP contribution in [0.4, 0.5) is 4.79 Å². The highest BCUT2D eigenvalue weighted by molar-refractivity contribution is 7.09. The van der Waals surface area contributed by atoms with Crippen LogP contribution in [0.3, 0.4) is 0 Å². The lowest BCUT2D eigenvalue weighted by Gasteiger charge is -2.39. The number of esters is 2. The molecule has 68 heavy (non-hydrogen) atoms. The van der Waals surface area contributed by atoms with Crippen molar-refractivity contribution < 1.29 is 67.3 Å². The first-order valence-corrected chi connectivity index (χ1v) is 24.1. The van der Waals surface area contributed by atoms with E-state index in [0.717, 1.165) is 30.7 Å². The van der Waals surface area contributed by atoms with Gasteiger partial charge in [0.25, 0.3) is 17.7 Å². The number of carboxylic acid groups (broad SMARTS) is 1. The Morgan fingerprint density at radius 1 is 0.956 bits per heavy atom. The summed E-state index contributed by atoms with van der Waals surface area (Å²) in [5, 5.41) is 17.7. The Bertz CT molecular complexity index is 2100. The average Bonchev–Trinajstić information content (AvgIpc) is 3.91. The number of carbonyl (C=O) groups excluding carboxylic acids is 8. The van der Waals surface area contributed by atoms with Crippen LogP contribution in [0.15, 0.2) is 29.6 Å². The van der Waals surface area contributed by atoms with Crippen molar-refractivity contribution >= 4 is 64.9 Å². The van der Waals surface area contributed by atoms with Gasteiger partial charge < -0.3 is 34.9 Å². The molecule has 2 aliphatic rings. The third-order valence-corrected chi connectivity index (χ3v) is 13.0. The molecule has 1 aromatic heterocycles. The Kier molecular flexibility index (Phi) is 20.9. The fourth-order valence-corrected chi connectivity index (χ4v) is 8.82. The zero-order valence-electron chi connectivity index (χ0n) is 40.1. The maximum atomic E-state index is 14.8. The van der Waals surface area contributed by atoms with Crippen LogP contribution in [-0.4, -0.2) is 123 Å². The lowest BCUT2D eigenvalue weighted by atomic mass is 9.92. The number of hydrogen-bond acceptors (Lipinski definition) is 16.